The number of hydrogen-bond acceptors (Lipinski definition) is 4. The number of aliphatic carboxylic acids is 1. The van der Waals surface area contributed by atoms with Crippen LogP contribution in [0.4, 0.5) is 0 Å². The van der Waals surface area contributed by atoms with Crippen LogP contribution < -0.4 is 5.32 Å². The Balaban J connectivity index is 3.04. The third-order valence-electron chi connectivity index (χ3n) is 5.98. The van der Waals surface area contributed by atoms with Gasteiger partial charge >= 0.3 is 5.97 Å². The fourth-order valence-corrected chi connectivity index (χ4v) is 4.06. The molecule has 3 atom stereocenters. The molecule has 1 saturated heterocycles. The zero-order chi connectivity index (χ0) is 23.2. The molecule has 0 aromatic rings. The average Bonchev–Trinajstić information content (AvgIpc) is 2.67. The van der Waals surface area contributed by atoms with E-state index in [9.17, 15) is 19.5 Å². The maximum Gasteiger partial charge on any atom is 0.331 e. The van der Waals surface area contributed by atoms with Gasteiger partial charge in [0.2, 0.25) is 11.8 Å². The summed E-state index contributed by atoms with van der Waals surface area (Å²) < 4.78 is 0. The quantitative estimate of drug-likeness (QED) is 0.557. The molecule has 1 heterocycles. The Hall–Kier alpha value is -1.89. The summed E-state index contributed by atoms with van der Waals surface area (Å²) in [7, 11) is 1.68. The van der Waals surface area contributed by atoms with Crippen molar-refractivity contribution < 1.29 is 19.5 Å². The summed E-state index contributed by atoms with van der Waals surface area (Å²) in [5.74, 6) is -1.34. The van der Waals surface area contributed by atoms with E-state index in [0.29, 0.717) is 0 Å². The van der Waals surface area contributed by atoms with Crippen LogP contribution in [0.5, 0.6) is 0 Å². The van der Waals surface area contributed by atoms with Crippen LogP contribution in [-0.2, 0) is 14.4 Å². The lowest BCUT2D eigenvalue weighted by molar-refractivity contribution is -0.140. The molecule has 0 radical (unpaired) electrons. The van der Waals surface area contributed by atoms with Gasteiger partial charge < -0.3 is 15.3 Å². The Kier molecular flexibility index (Phi) is 10.0. The van der Waals surface area contributed by atoms with Gasteiger partial charge in [0.1, 0.15) is 6.04 Å². The average molecular weight is 424 g/mol. The van der Waals surface area contributed by atoms with E-state index in [0.717, 1.165) is 25.8 Å². The van der Waals surface area contributed by atoms with Crippen LogP contribution in [0.15, 0.2) is 11.6 Å². The van der Waals surface area contributed by atoms with Crippen LogP contribution in [0.25, 0.3) is 0 Å². The third kappa shape index (κ3) is 6.83. The van der Waals surface area contributed by atoms with Crippen LogP contribution in [0.3, 0.4) is 0 Å². The molecule has 1 fully saturated rings. The Morgan fingerprint density at radius 2 is 1.67 bits per heavy atom. The summed E-state index contributed by atoms with van der Waals surface area (Å²) in [6, 6.07) is -0.966. The second-order valence-corrected chi connectivity index (χ2v) is 9.41. The minimum atomic E-state index is -0.999. The Morgan fingerprint density at radius 1 is 1.07 bits per heavy atom. The van der Waals surface area contributed by atoms with Crippen LogP contribution in [-0.4, -0.2) is 70.4 Å². The van der Waals surface area contributed by atoms with Crippen LogP contribution in [0.2, 0.25) is 0 Å². The molecule has 2 N–H and O–H groups in total. The van der Waals surface area contributed by atoms with Gasteiger partial charge in [0.05, 0.1) is 12.1 Å². The molecule has 30 heavy (non-hydrogen) atoms. The molecule has 2 amide bonds. The molecule has 1 rings (SSSR count). The summed E-state index contributed by atoms with van der Waals surface area (Å²) >= 11 is 0. The number of amides is 2. The maximum absolute atomic E-state index is 13.3. The number of likely N-dealkylation sites (N-methyl/N-ethyl adjacent to an activating group) is 1. The molecule has 1 aliphatic heterocycles. The van der Waals surface area contributed by atoms with Crippen molar-refractivity contribution in [2.45, 2.75) is 91.9 Å². The first-order chi connectivity index (χ1) is 13.9. The predicted octanol–water partition coefficient (Wildman–Crippen LogP) is 2.90. The van der Waals surface area contributed by atoms with Crippen molar-refractivity contribution in [3.63, 3.8) is 0 Å². The molecule has 172 valence electrons. The van der Waals surface area contributed by atoms with Gasteiger partial charge in [0.15, 0.2) is 0 Å². The first-order valence-corrected chi connectivity index (χ1v) is 11.1. The highest BCUT2D eigenvalue weighted by molar-refractivity contribution is 5.90. The van der Waals surface area contributed by atoms with Crippen molar-refractivity contribution in [1.29, 1.82) is 0 Å². The fraction of sp³-hybridized carbons (Fsp3) is 0.783. The van der Waals surface area contributed by atoms with E-state index in [4.69, 9.17) is 0 Å². The van der Waals surface area contributed by atoms with Gasteiger partial charge in [-0.3, -0.25) is 14.5 Å². The van der Waals surface area contributed by atoms with Crippen LogP contribution >= 0.6 is 0 Å². The van der Waals surface area contributed by atoms with Gasteiger partial charge in [-0.05, 0) is 52.0 Å². The molecule has 7 heteroatoms. The first-order valence-electron chi connectivity index (χ1n) is 11.1. The fourth-order valence-electron chi connectivity index (χ4n) is 4.06. The lowest BCUT2D eigenvalue weighted by Gasteiger charge is -2.39. The zero-order valence-corrected chi connectivity index (χ0v) is 19.9. The van der Waals surface area contributed by atoms with Crippen LogP contribution in [0.1, 0.15) is 67.7 Å². The monoisotopic (exact) mass is 423 g/mol. The Morgan fingerprint density at radius 3 is 2.13 bits per heavy atom. The molecular weight excluding hydrogens is 382 g/mol. The summed E-state index contributed by atoms with van der Waals surface area (Å²) in [4.78, 5) is 41.5. The topological polar surface area (TPSA) is 90.0 Å². The number of carboxylic acids is 1. The van der Waals surface area contributed by atoms with Gasteiger partial charge in [-0.15, -0.1) is 0 Å². The SMILES string of the molecule is C/C(=C\[C@H](C(C)C)N(C)C(=O)C(NC(=O)[C@H]1CCCCN1C(C)C)C(C)C)C(=O)O. The van der Waals surface area contributed by atoms with Crippen molar-refractivity contribution >= 4 is 17.8 Å². The first kappa shape index (κ1) is 26.1. The van der Waals surface area contributed by atoms with Gasteiger partial charge in [0.25, 0.3) is 0 Å². The normalized spacial score (nSPS) is 20.4. The molecule has 7 nitrogen and oxygen atoms in total. The second kappa shape index (κ2) is 11.5. The van der Waals surface area contributed by atoms with Crippen molar-refractivity contribution in [3.05, 3.63) is 11.6 Å². The maximum atomic E-state index is 13.3. The minimum absolute atomic E-state index is 0.0338. The number of carbonyl (C=O) groups is 3. The highest BCUT2D eigenvalue weighted by Crippen LogP contribution is 2.21. The molecule has 1 unspecified atom stereocenters. The highest BCUT2D eigenvalue weighted by atomic mass is 16.4. The molecular formula is C23H41N3O4. The number of nitrogens with one attached hydrogen (secondary N) is 1. The van der Waals surface area contributed by atoms with Gasteiger partial charge in [-0.1, -0.05) is 40.2 Å². The number of piperidine rings is 1. The standard InChI is InChI=1S/C23H41N3O4/c1-14(2)19(13-17(7)23(29)30)25(8)22(28)20(15(3)4)24-21(27)18-11-9-10-12-26(18)16(5)6/h13-16,18-20H,9-12H2,1-8H3,(H,24,27)(H,29,30)/b17-13+/t18-,19-,20?/m1/s1. The lowest BCUT2D eigenvalue weighted by Crippen LogP contribution is -2.58. The summed E-state index contributed by atoms with van der Waals surface area (Å²) in [6.45, 7) is 14.3. The van der Waals surface area contributed by atoms with E-state index in [2.05, 4.69) is 24.1 Å². The van der Waals surface area contributed by atoms with Crippen LogP contribution in [0, 0.1) is 11.8 Å². The lowest BCUT2D eigenvalue weighted by atomic mass is 9.95. The van der Waals surface area contributed by atoms with Crippen molar-refractivity contribution in [3.8, 4) is 0 Å². The summed E-state index contributed by atoms with van der Waals surface area (Å²) in [5.41, 5.74) is 0.202. The Bertz CT molecular complexity index is 642. The van der Waals surface area contributed by atoms with E-state index < -0.39 is 12.0 Å². The number of carboxylic acid groups (broad SMARTS) is 1. The number of nitrogens with zero attached hydrogens (tertiary/aromatic N) is 2. The van der Waals surface area contributed by atoms with E-state index in [1.807, 2.05) is 27.7 Å². The molecule has 1 aliphatic rings. The molecule has 0 aromatic carbocycles. The van der Waals surface area contributed by atoms with E-state index >= 15 is 0 Å². The summed E-state index contributed by atoms with van der Waals surface area (Å²) in [6.07, 6.45) is 4.51. The molecule has 0 aliphatic carbocycles. The number of rotatable bonds is 9. The minimum Gasteiger partial charge on any atom is -0.478 e. The van der Waals surface area contributed by atoms with Crippen molar-refractivity contribution in [2.24, 2.45) is 11.8 Å². The van der Waals surface area contributed by atoms with E-state index in [-0.39, 0.29) is 47.3 Å². The van der Waals surface area contributed by atoms with Gasteiger partial charge in [-0.25, -0.2) is 4.79 Å². The third-order valence-corrected chi connectivity index (χ3v) is 5.98. The zero-order valence-electron chi connectivity index (χ0n) is 19.9. The van der Waals surface area contributed by atoms with Crippen molar-refractivity contribution in [1.82, 2.24) is 15.1 Å². The summed E-state index contributed by atoms with van der Waals surface area (Å²) in [5, 5.41) is 12.2. The molecule has 0 saturated carbocycles. The predicted molar refractivity (Wildman–Crippen MR) is 119 cm³/mol. The largest absolute Gasteiger partial charge is 0.478 e. The van der Waals surface area contributed by atoms with E-state index in [1.54, 1.807) is 18.0 Å². The molecule has 0 bridgehead atoms. The number of likely N-dealkylation sites (tertiary alicyclic amines) is 1. The molecule has 0 aromatic heterocycles. The second-order valence-electron chi connectivity index (χ2n) is 9.41. The smallest absolute Gasteiger partial charge is 0.331 e. The Labute approximate surface area is 181 Å². The molecule has 0 spiro atoms. The number of hydrogen-bond donors (Lipinski definition) is 2. The van der Waals surface area contributed by atoms with Gasteiger partial charge in [0, 0.05) is 18.7 Å². The number of carbonyl (C=O) groups excluding carboxylic acids is 2. The van der Waals surface area contributed by atoms with Gasteiger partial charge in [-0.2, -0.15) is 0 Å². The van der Waals surface area contributed by atoms with E-state index in [1.165, 1.54) is 6.92 Å². The highest BCUT2D eigenvalue weighted by Gasteiger charge is 2.35. The van der Waals surface area contributed by atoms with Crippen molar-refractivity contribution in [2.75, 3.05) is 13.6 Å².